The summed E-state index contributed by atoms with van der Waals surface area (Å²) in [5.41, 5.74) is 8.48. The molecule has 9 heteroatoms. The molecule has 0 atom stereocenters. The van der Waals surface area contributed by atoms with Crippen molar-refractivity contribution in [3.8, 4) is 28.3 Å². The monoisotopic (exact) mass is 344 g/mol. The Hall–Kier alpha value is -3.36. The molecule has 0 radical (unpaired) electrons. The van der Waals surface area contributed by atoms with Crippen LogP contribution in [0.5, 0.6) is 5.75 Å². The summed E-state index contributed by atoms with van der Waals surface area (Å²) < 4.78 is 17.6. The SMILES string of the molecule is Cc1ncn(C)c1-c1c(-c2ccc(O)cc2F)nn(C)c1/C(N)=N/O. The number of phenols is 1. The minimum absolute atomic E-state index is 0.156. The van der Waals surface area contributed by atoms with E-state index in [9.17, 15) is 9.50 Å². The highest BCUT2D eigenvalue weighted by Gasteiger charge is 2.27. The number of nitrogens with zero attached hydrogens (tertiary/aromatic N) is 5. The maximum absolute atomic E-state index is 14.4. The number of benzene rings is 1. The van der Waals surface area contributed by atoms with Crippen LogP contribution in [0.4, 0.5) is 4.39 Å². The molecule has 130 valence electrons. The van der Waals surface area contributed by atoms with Crippen LogP contribution >= 0.6 is 0 Å². The second-order valence-electron chi connectivity index (χ2n) is 5.63. The molecule has 3 aromatic rings. The second kappa shape index (κ2) is 5.93. The largest absolute Gasteiger partial charge is 0.508 e. The second-order valence-corrected chi connectivity index (χ2v) is 5.63. The van der Waals surface area contributed by atoms with E-state index >= 15 is 0 Å². The molecular weight excluding hydrogens is 327 g/mol. The Morgan fingerprint density at radius 3 is 2.60 bits per heavy atom. The van der Waals surface area contributed by atoms with Crippen LogP contribution in [0.3, 0.4) is 0 Å². The van der Waals surface area contributed by atoms with Gasteiger partial charge in [0.2, 0.25) is 0 Å². The van der Waals surface area contributed by atoms with Crippen molar-refractivity contribution in [2.75, 3.05) is 0 Å². The fourth-order valence-electron chi connectivity index (χ4n) is 2.88. The van der Waals surface area contributed by atoms with Crippen LogP contribution in [0.15, 0.2) is 29.7 Å². The summed E-state index contributed by atoms with van der Waals surface area (Å²) >= 11 is 0. The lowest BCUT2D eigenvalue weighted by atomic mass is 10.0. The van der Waals surface area contributed by atoms with Gasteiger partial charge in [-0.15, -0.1) is 0 Å². The van der Waals surface area contributed by atoms with Gasteiger partial charge in [-0.05, 0) is 19.1 Å². The van der Waals surface area contributed by atoms with Crippen LogP contribution in [0.25, 0.3) is 22.5 Å². The van der Waals surface area contributed by atoms with Crippen LogP contribution in [0.2, 0.25) is 0 Å². The predicted molar refractivity (Wildman–Crippen MR) is 89.7 cm³/mol. The van der Waals surface area contributed by atoms with E-state index in [1.54, 1.807) is 31.9 Å². The van der Waals surface area contributed by atoms with E-state index in [1.165, 1.54) is 16.8 Å². The number of aromatic nitrogens is 4. The van der Waals surface area contributed by atoms with Gasteiger partial charge in [0.05, 0.1) is 23.3 Å². The summed E-state index contributed by atoms with van der Waals surface area (Å²) in [7, 11) is 3.40. The quantitative estimate of drug-likeness (QED) is 0.290. The molecular formula is C16H17FN6O2. The Labute approximate surface area is 142 Å². The van der Waals surface area contributed by atoms with E-state index in [0.29, 0.717) is 28.3 Å². The number of halogens is 1. The molecule has 3 rings (SSSR count). The van der Waals surface area contributed by atoms with Gasteiger partial charge in [0, 0.05) is 25.7 Å². The molecule has 0 unspecified atom stereocenters. The molecule has 0 aliphatic rings. The molecule has 0 aliphatic carbocycles. The number of rotatable bonds is 3. The number of phenolic OH excluding ortho intramolecular Hbond substituents is 1. The lowest BCUT2D eigenvalue weighted by Gasteiger charge is -2.09. The minimum Gasteiger partial charge on any atom is -0.508 e. The van der Waals surface area contributed by atoms with Crippen molar-refractivity contribution in [1.82, 2.24) is 19.3 Å². The lowest BCUT2D eigenvalue weighted by molar-refractivity contribution is 0.318. The summed E-state index contributed by atoms with van der Waals surface area (Å²) in [6.45, 7) is 1.80. The molecule has 4 N–H and O–H groups in total. The number of amidine groups is 1. The molecule has 8 nitrogen and oxygen atoms in total. The first-order chi connectivity index (χ1) is 11.8. The van der Waals surface area contributed by atoms with Gasteiger partial charge in [0.1, 0.15) is 23.0 Å². The van der Waals surface area contributed by atoms with Crippen LogP contribution < -0.4 is 5.73 Å². The standard InChI is InChI=1S/C16H17FN6O2/c1-8-14(22(2)7-19-8)12-13(10-5-4-9(24)6-11(10)17)20-23(3)15(12)16(18)21-25/h4-7,24-25H,1-3H3,(H2,18,21). The zero-order valence-electron chi connectivity index (χ0n) is 13.9. The maximum Gasteiger partial charge on any atom is 0.189 e. The summed E-state index contributed by atoms with van der Waals surface area (Å²) in [6.07, 6.45) is 1.62. The first-order valence-corrected chi connectivity index (χ1v) is 7.37. The number of hydrogen-bond donors (Lipinski definition) is 3. The molecule has 0 saturated carbocycles. The Morgan fingerprint density at radius 1 is 1.32 bits per heavy atom. The Bertz CT molecular complexity index is 969. The third kappa shape index (κ3) is 2.59. The molecule has 0 fully saturated rings. The normalized spacial score (nSPS) is 11.9. The van der Waals surface area contributed by atoms with Crippen LogP contribution in [0.1, 0.15) is 11.4 Å². The van der Waals surface area contributed by atoms with Crippen molar-refractivity contribution in [2.24, 2.45) is 25.0 Å². The first kappa shape index (κ1) is 16.5. The van der Waals surface area contributed by atoms with E-state index in [4.69, 9.17) is 10.9 Å². The van der Waals surface area contributed by atoms with Gasteiger partial charge >= 0.3 is 0 Å². The zero-order chi connectivity index (χ0) is 18.3. The topological polar surface area (TPSA) is 114 Å². The zero-order valence-corrected chi connectivity index (χ0v) is 13.9. The third-order valence-electron chi connectivity index (χ3n) is 3.96. The molecule has 0 aliphatic heterocycles. The van der Waals surface area contributed by atoms with Gasteiger partial charge in [-0.2, -0.15) is 5.10 Å². The van der Waals surface area contributed by atoms with Crippen LogP contribution in [-0.2, 0) is 14.1 Å². The number of aromatic hydroxyl groups is 1. The molecule has 0 amide bonds. The Morgan fingerprint density at radius 2 is 2.04 bits per heavy atom. The summed E-state index contributed by atoms with van der Waals surface area (Å²) in [6, 6.07) is 3.81. The fourth-order valence-corrected chi connectivity index (χ4v) is 2.88. The molecule has 25 heavy (non-hydrogen) atoms. The number of nitrogens with two attached hydrogens (primary N) is 1. The van der Waals surface area contributed by atoms with Crippen molar-refractivity contribution in [1.29, 1.82) is 0 Å². The number of oxime groups is 1. The van der Waals surface area contributed by atoms with Gasteiger partial charge < -0.3 is 20.6 Å². The molecule has 0 saturated heterocycles. The van der Waals surface area contributed by atoms with Gasteiger partial charge in [-0.1, -0.05) is 5.16 Å². The Kier molecular flexibility index (Phi) is 3.91. The minimum atomic E-state index is -0.634. The third-order valence-corrected chi connectivity index (χ3v) is 3.96. The summed E-state index contributed by atoms with van der Waals surface area (Å²) in [4.78, 5) is 4.25. The van der Waals surface area contributed by atoms with Crippen LogP contribution in [-0.4, -0.2) is 35.5 Å². The van der Waals surface area contributed by atoms with E-state index in [1.807, 2.05) is 0 Å². The molecule has 1 aromatic carbocycles. The highest BCUT2D eigenvalue weighted by Crippen LogP contribution is 2.37. The van der Waals surface area contributed by atoms with Crippen LogP contribution in [0, 0.1) is 12.7 Å². The highest BCUT2D eigenvalue weighted by molar-refractivity contribution is 6.04. The van der Waals surface area contributed by atoms with Crippen molar-refractivity contribution in [2.45, 2.75) is 6.92 Å². The van der Waals surface area contributed by atoms with Crippen molar-refractivity contribution < 1.29 is 14.7 Å². The van der Waals surface area contributed by atoms with E-state index < -0.39 is 5.82 Å². The van der Waals surface area contributed by atoms with Crippen molar-refractivity contribution >= 4 is 5.84 Å². The average Bonchev–Trinajstić information content (AvgIpc) is 3.06. The maximum atomic E-state index is 14.4. The van der Waals surface area contributed by atoms with E-state index in [-0.39, 0.29) is 17.1 Å². The first-order valence-electron chi connectivity index (χ1n) is 7.37. The average molecular weight is 344 g/mol. The highest BCUT2D eigenvalue weighted by atomic mass is 19.1. The smallest absolute Gasteiger partial charge is 0.189 e. The van der Waals surface area contributed by atoms with Gasteiger partial charge in [0.25, 0.3) is 0 Å². The number of aryl methyl sites for hydroxylation is 3. The number of hydrogen-bond acceptors (Lipinski definition) is 5. The van der Waals surface area contributed by atoms with Gasteiger partial charge in [-0.25, -0.2) is 9.37 Å². The molecule has 2 aromatic heterocycles. The molecule has 2 heterocycles. The fraction of sp³-hybridized carbons (Fsp3) is 0.188. The van der Waals surface area contributed by atoms with E-state index in [2.05, 4.69) is 15.2 Å². The molecule has 0 spiro atoms. The lowest BCUT2D eigenvalue weighted by Crippen LogP contribution is -2.18. The van der Waals surface area contributed by atoms with Gasteiger partial charge in [0.15, 0.2) is 5.84 Å². The van der Waals surface area contributed by atoms with E-state index in [0.717, 1.165) is 6.07 Å². The predicted octanol–water partition coefficient (Wildman–Crippen LogP) is 1.74. The summed E-state index contributed by atoms with van der Waals surface area (Å²) in [5.74, 6) is -0.978. The molecule has 0 bridgehead atoms. The van der Waals surface area contributed by atoms with Crippen molar-refractivity contribution in [3.05, 3.63) is 41.7 Å². The Balaban J connectivity index is 2.41. The summed E-state index contributed by atoms with van der Waals surface area (Å²) in [5, 5.41) is 26.0. The number of imidazole rings is 1. The van der Waals surface area contributed by atoms with Crippen molar-refractivity contribution in [3.63, 3.8) is 0 Å². The van der Waals surface area contributed by atoms with Gasteiger partial charge in [-0.3, -0.25) is 4.68 Å².